The Kier molecular flexibility index (Phi) is 6.88. The number of carbonyl (C=O) groups excluding carboxylic acids is 3. The lowest BCUT2D eigenvalue weighted by Gasteiger charge is -2.23. The maximum Gasteiger partial charge on any atom is 0.253 e. The van der Waals surface area contributed by atoms with Crippen molar-refractivity contribution >= 4 is 29.1 Å². The summed E-state index contributed by atoms with van der Waals surface area (Å²) in [5, 5.41) is 6.01. The van der Waals surface area contributed by atoms with Crippen LogP contribution in [0.2, 0.25) is 0 Å². The number of nitrogens with one attached hydrogen (secondary N) is 2. The molecule has 6 heteroatoms. The number of para-hydroxylation sites is 1. The standard InChI is InChI=1S/C26H31N3O3/c1-2-18-12-14-21(15-13-18)29-17-19(16-24(29)30)25(31)28-23-11-7-6-10-22(23)26(32)27-20-8-4-3-5-9-20/h6-7,10-15,19-20H,2-5,8-9,16-17H2,1H3,(H,27,32)(H,28,31)/t19-/m1/s1. The number of aryl methyl sites for hydroxylation is 1. The van der Waals surface area contributed by atoms with E-state index in [2.05, 4.69) is 17.6 Å². The van der Waals surface area contributed by atoms with Crippen molar-refractivity contribution in [2.45, 2.75) is 57.9 Å². The lowest BCUT2D eigenvalue weighted by atomic mass is 9.95. The number of hydrogen-bond donors (Lipinski definition) is 2. The molecule has 168 valence electrons. The fourth-order valence-electron chi connectivity index (χ4n) is 4.58. The van der Waals surface area contributed by atoms with Crippen LogP contribution in [0.3, 0.4) is 0 Å². The molecule has 2 N–H and O–H groups in total. The van der Waals surface area contributed by atoms with E-state index in [4.69, 9.17) is 0 Å². The monoisotopic (exact) mass is 433 g/mol. The normalized spacial score (nSPS) is 19.1. The van der Waals surface area contributed by atoms with E-state index in [1.165, 1.54) is 12.0 Å². The van der Waals surface area contributed by atoms with Crippen molar-refractivity contribution in [1.29, 1.82) is 0 Å². The van der Waals surface area contributed by atoms with Crippen LogP contribution in [0, 0.1) is 5.92 Å². The van der Waals surface area contributed by atoms with E-state index in [0.717, 1.165) is 37.8 Å². The molecule has 4 rings (SSSR count). The smallest absolute Gasteiger partial charge is 0.253 e. The molecule has 0 aromatic heterocycles. The van der Waals surface area contributed by atoms with Gasteiger partial charge in [0.25, 0.3) is 5.91 Å². The second-order valence-electron chi connectivity index (χ2n) is 8.77. The van der Waals surface area contributed by atoms with Gasteiger partial charge < -0.3 is 15.5 Å². The van der Waals surface area contributed by atoms with Crippen molar-refractivity contribution < 1.29 is 14.4 Å². The van der Waals surface area contributed by atoms with E-state index in [1.54, 1.807) is 29.2 Å². The van der Waals surface area contributed by atoms with Crippen molar-refractivity contribution in [2.75, 3.05) is 16.8 Å². The van der Waals surface area contributed by atoms with E-state index in [-0.39, 0.29) is 30.2 Å². The highest BCUT2D eigenvalue weighted by atomic mass is 16.2. The predicted molar refractivity (Wildman–Crippen MR) is 126 cm³/mol. The highest BCUT2D eigenvalue weighted by Gasteiger charge is 2.35. The molecule has 1 saturated heterocycles. The van der Waals surface area contributed by atoms with E-state index >= 15 is 0 Å². The van der Waals surface area contributed by atoms with E-state index in [1.807, 2.05) is 24.3 Å². The van der Waals surface area contributed by atoms with Crippen LogP contribution >= 0.6 is 0 Å². The van der Waals surface area contributed by atoms with Crippen LogP contribution in [0.15, 0.2) is 48.5 Å². The molecule has 1 atom stereocenters. The van der Waals surface area contributed by atoms with Gasteiger partial charge in [-0.1, -0.05) is 50.5 Å². The quantitative estimate of drug-likeness (QED) is 0.713. The van der Waals surface area contributed by atoms with E-state index in [0.29, 0.717) is 17.8 Å². The maximum absolute atomic E-state index is 13.0. The fraction of sp³-hybridized carbons (Fsp3) is 0.423. The minimum Gasteiger partial charge on any atom is -0.349 e. The molecular weight excluding hydrogens is 402 g/mol. The number of benzene rings is 2. The fourth-order valence-corrected chi connectivity index (χ4v) is 4.58. The van der Waals surface area contributed by atoms with Crippen LogP contribution < -0.4 is 15.5 Å². The minimum absolute atomic E-state index is 0.0577. The molecule has 1 heterocycles. The summed E-state index contributed by atoms with van der Waals surface area (Å²) < 4.78 is 0. The summed E-state index contributed by atoms with van der Waals surface area (Å²) in [7, 11) is 0. The second kappa shape index (κ2) is 9.98. The zero-order valence-corrected chi connectivity index (χ0v) is 18.6. The van der Waals surface area contributed by atoms with Crippen LogP contribution in [0.5, 0.6) is 0 Å². The number of nitrogens with zero attached hydrogens (tertiary/aromatic N) is 1. The SMILES string of the molecule is CCc1ccc(N2C[C@H](C(=O)Nc3ccccc3C(=O)NC3CCCCC3)CC2=O)cc1. The summed E-state index contributed by atoms with van der Waals surface area (Å²) in [5.41, 5.74) is 2.97. The summed E-state index contributed by atoms with van der Waals surface area (Å²) in [6.07, 6.45) is 6.59. The molecule has 1 saturated carbocycles. The van der Waals surface area contributed by atoms with Gasteiger partial charge in [-0.25, -0.2) is 0 Å². The first-order valence-electron chi connectivity index (χ1n) is 11.6. The highest BCUT2D eigenvalue weighted by Crippen LogP contribution is 2.27. The topological polar surface area (TPSA) is 78.5 Å². The van der Waals surface area contributed by atoms with Crippen LogP contribution in [-0.4, -0.2) is 30.3 Å². The molecular formula is C26H31N3O3. The summed E-state index contributed by atoms with van der Waals surface area (Å²) >= 11 is 0. The lowest BCUT2D eigenvalue weighted by molar-refractivity contribution is -0.122. The highest BCUT2D eigenvalue weighted by molar-refractivity contribution is 6.07. The Morgan fingerprint density at radius 1 is 1.00 bits per heavy atom. The van der Waals surface area contributed by atoms with Gasteiger partial charge in [0, 0.05) is 24.7 Å². The average Bonchev–Trinajstić information content (AvgIpc) is 3.22. The Morgan fingerprint density at radius 2 is 1.72 bits per heavy atom. The Bertz CT molecular complexity index is 980. The largest absolute Gasteiger partial charge is 0.349 e. The van der Waals surface area contributed by atoms with Crippen LogP contribution in [0.4, 0.5) is 11.4 Å². The molecule has 2 aromatic carbocycles. The molecule has 0 spiro atoms. The molecule has 2 aromatic rings. The van der Waals surface area contributed by atoms with Crippen LogP contribution in [0.25, 0.3) is 0 Å². The Balaban J connectivity index is 1.41. The lowest BCUT2D eigenvalue weighted by Crippen LogP contribution is -2.36. The van der Waals surface area contributed by atoms with Crippen molar-refractivity contribution in [2.24, 2.45) is 5.92 Å². The van der Waals surface area contributed by atoms with Crippen LogP contribution in [-0.2, 0) is 16.0 Å². The van der Waals surface area contributed by atoms with Gasteiger partial charge in [-0.15, -0.1) is 0 Å². The zero-order valence-electron chi connectivity index (χ0n) is 18.6. The Morgan fingerprint density at radius 3 is 2.44 bits per heavy atom. The zero-order chi connectivity index (χ0) is 22.5. The molecule has 6 nitrogen and oxygen atoms in total. The number of anilines is 2. The molecule has 2 fully saturated rings. The van der Waals surface area contributed by atoms with Gasteiger partial charge >= 0.3 is 0 Å². The van der Waals surface area contributed by atoms with E-state index < -0.39 is 5.92 Å². The molecule has 0 bridgehead atoms. The van der Waals surface area contributed by atoms with Crippen molar-refractivity contribution in [3.05, 3.63) is 59.7 Å². The number of rotatable bonds is 6. The van der Waals surface area contributed by atoms with E-state index in [9.17, 15) is 14.4 Å². The van der Waals surface area contributed by atoms with Gasteiger partial charge in [0.1, 0.15) is 0 Å². The number of hydrogen-bond acceptors (Lipinski definition) is 3. The molecule has 2 aliphatic rings. The Hall–Kier alpha value is -3.15. The minimum atomic E-state index is -0.456. The molecule has 1 aliphatic heterocycles. The van der Waals surface area contributed by atoms with Gasteiger partial charge in [0.15, 0.2) is 0 Å². The summed E-state index contributed by atoms with van der Waals surface area (Å²) in [4.78, 5) is 40.1. The Labute approximate surface area is 189 Å². The summed E-state index contributed by atoms with van der Waals surface area (Å²) in [6.45, 7) is 2.43. The average molecular weight is 434 g/mol. The second-order valence-corrected chi connectivity index (χ2v) is 8.77. The third-order valence-corrected chi connectivity index (χ3v) is 6.52. The number of carbonyl (C=O) groups is 3. The van der Waals surface area contributed by atoms with Crippen molar-refractivity contribution in [1.82, 2.24) is 5.32 Å². The first-order valence-corrected chi connectivity index (χ1v) is 11.6. The van der Waals surface area contributed by atoms with Gasteiger partial charge in [0.2, 0.25) is 11.8 Å². The summed E-state index contributed by atoms with van der Waals surface area (Å²) in [5.74, 6) is -0.905. The molecule has 0 radical (unpaired) electrons. The molecule has 0 unspecified atom stereocenters. The first-order chi connectivity index (χ1) is 15.5. The van der Waals surface area contributed by atoms with Crippen molar-refractivity contribution in [3.8, 4) is 0 Å². The van der Waals surface area contributed by atoms with Gasteiger partial charge in [-0.05, 0) is 49.1 Å². The van der Waals surface area contributed by atoms with Gasteiger partial charge in [0.05, 0.1) is 17.2 Å². The molecule has 32 heavy (non-hydrogen) atoms. The summed E-state index contributed by atoms with van der Waals surface area (Å²) in [6, 6.07) is 15.2. The van der Waals surface area contributed by atoms with Gasteiger partial charge in [-0.2, -0.15) is 0 Å². The van der Waals surface area contributed by atoms with Crippen molar-refractivity contribution in [3.63, 3.8) is 0 Å². The number of amides is 3. The maximum atomic E-state index is 13.0. The third kappa shape index (κ3) is 5.01. The first kappa shape index (κ1) is 22.1. The molecule has 1 aliphatic carbocycles. The third-order valence-electron chi connectivity index (χ3n) is 6.52. The molecule has 3 amide bonds. The van der Waals surface area contributed by atoms with Crippen LogP contribution in [0.1, 0.15) is 61.4 Å². The predicted octanol–water partition coefficient (Wildman–Crippen LogP) is 4.30. The van der Waals surface area contributed by atoms with Gasteiger partial charge in [-0.3, -0.25) is 14.4 Å².